The monoisotopic (exact) mass is 245 g/mol. The molecule has 1 heterocycles. The van der Waals surface area contributed by atoms with Gasteiger partial charge in [-0.25, -0.2) is 0 Å². The van der Waals surface area contributed by atoms with E-state index in [1.807, 2.05) is 11.3 Å². The molecule has 0 saturated carbocycles. The molecule has 1 atom stereocenters. The Bertz CT molecular complexity index is 487. The highest BCUT2D eigenvalue weighted by Crippen LogP contribution is 2.18. The summed E-state index contributed by atoms with van der Waals surface area (Å²) < 4.78 is 0. The fourth-order valence-corrected chi connectivity index (χ4v) is 2.73. The van der Waals surface area contributed by atoms with Gasteiger partial charge in [-0.3, -0.25) is 0 Å². The minimum absolute atomic E-state index is 0.400. The van der Waals surface area contributed by atoms with Gasteiger partial charge in [0.25, 0.3) is 0 Å². The van der Waals surface area contributed by atoms with E-state index in [1.165, 1.54) is 20.9 Å². The van der Waals surface area contributed by atoms with E-state index in [1.54, 1.807) is 0 Å². The van der Waals surface area contributed by atoms with Gasteiger partial charge in [0, 0.05) is 22.3 Å². The van der Waals surface area contributed by atoms with E-state index in [-0.39, 0.29) is 0 Å². The third kappa shape index (κ3) is 3.42. The number of aryl methyl sites for hydroxylation is 2. The number of benzene rings is 1. The number of hydrogen-bond donors (Lipinski definition) is 1. The molecule has 0 amide bonds. The Hall–Kier alpha value is -1.12. The zero-order chi connectivity index (χ0) is 12.3. The molecule has 0 spiro atoms. The Kier molecular flexibility index (Phi) is 3.97. The van der Waals surface area contributed by atoms with E-state index in [2.05, 4.69) is 62.5 Å². The Morgan fingerprint density at radius 2 is 2.00 bits per heavy atom. The van der Waals surface area contributed by atoms with Gasteiger partial charge in [0.1, 0.15) is 0 Å². The van der Waals surface area contributed by atoms with Crippen LogP contribution in [-0.2, 0) is 6.54 Å². The molecule has 0 fully saturated rings. The average Bonchev–Trinajstić information content (AvgIpc) is 2.72. The summed E-state index contributed by atoms with van der Waals surface area (Å²) in [5, 5.41) is 3.57. The van der Waals surface area contributed by atoms with Gasteiger partial charge in [-0.1, -0.05) is 29.8 Å². The van der Waals surface area contributed by atoms with E-state index < -0.39 is 0 Å². The third-order valence-electron chi connectivity index (χ3n) is 2.92. The summed E-state index contributed by atoms with van der Waals surface area (Å²) in [6.45, 7) is 7.46. The second-order valence-electron chi connectivity index (χ2n) is 4.53. The molecule has 0 aliphatic heterocycles. The summed E-state index contributed by atoms with van der Waals surface area (Å²) in [4.78, 5) is 2.78. The van der Waals surface area contributed by atoms with Gasteiger partial charge < -0.3 is 5.32 Å². The molecule has 90 valence electrons. The first kappa shape index (κ1) is 12.3. The highest BCUT2D eigenvalue weighted by atomic mass is 32.1. The predicted octanol–water partition coefficient (Wildman–Crippen LogP) is 4.22. The topological polar surface area (TPSA) is 12.0 Å². The van der Waals surface area contributed by atoms with Crippen molar-refractivity contribution in [3.05, 3.63) is 57.3 Å². The molecule has 1 N–H and O–H groups in total. The van der Waals surface area contributed by atoms with Crippen LogP contribution in [0.4, 0.5) is 0 Å². The van der Waals surface area contributed by atoms with Crippen LogP contribution >= 0.6 is 11.3 Å². The van der Waals surface area contributed by atoms with Gasteiger partial charge in [-0.05, 0) is 38.5 Å². The summed E-state index contributed by atoms with van der Waals surface area (Å²) in [7, 11) is 0. The van der Waals surface area contributed by atoms with Crippen LogP contribution in [0.5, 0.6) is 0 Å². The van der Waals surface area contributed by atoms with Crippen molar-refractivity contribution in [1.29, 1.82) is 0 Å². The largest absolute Gasteiger partial charge is 0.305 e. The molecule has 1 aromatic heterocycles. The van der Waals surface area contributed by atoms with Crippen molar-refractivity contribution in [3.8, 4) is 0 Å². The quantitative estimate of drug-likeness (QED) is 0.850. The average molecular weight is 245 g/mol. The van der Waals surface area contributed by atoms with Crippen LogP contribution in [0.2, 0.25) is 0 Å². The number of thiophene rings is 1. The van der Waals surface area contributed by atoms with Crippen molar-refractivity contribution >= 4 is 11.3 Å². The van der Waals surface area contributed by atoms with Crippen molar-refractivity contribution in [2.24, 2.45) is 0 Å². The van der Waals surface area contributed by atoms with Gasteiger partial charge in [-0.2, -0.15) is 0 Å². The molecule has 1 aromatic carbocycles. The fraction of sp³-hybridized carbons (Fsp3) is 0.333. The first-order chi connectivity index (χ1) is 8.15. The Morgan fingerprint density at radius 1 is 1.18 bits per heavy atom. The molecular weight excluding hydrogens is 226 g/mol. The summed E-state index contributed by atoms with van der Waals surface area (Å²) in [5.74, 6) is 0. The Labute approximate surface area is 108 Å². The number of hydrogen-bond acceptors (Lipinski definition) is 2. The summed E-state index contributed by atoms with van der Waals surface area (Å²) in [5.41, 5.74) is 2.68. The van der Waals surface area contributed by atoms with Crippen LogP contribution in [0.25, 0.3) is 0 Å². The number of nitrogens with one attached hydrogen (secondary N) is 1. The zero-order valence-corrected chi connectivity index (χ0v) is 11.5. The SMILES string of the molecule is Cc1cccc([C@H](C)NCc2ccc(C)s2)c1. The van der Waals surface area contributed by atoms with Gasteiger partial charge >= 0.3 is 0 Å². The fourth-order valence-electron chi connectivity index (χ4n) is 1.89. The molecule has 0 radical (unpaired) electrons. The molecule has 2 aromatic rings. The van der Waals surface area contributed by atoms with E-state index >= 15 is 0 Å². The van der Waals surface area contributed by atoms with Gasteiger partial charge in [0.05, 0.1) is 0 Å². The van der Waals surface area contributed by atoms with Crippen molar-refractivity contribution in [3.63, 3.8) is 0 Å². The molecule has 2 rings (SSSR count). The van der Waals surface area contributed by atoms with Crippen LogP contribution in [0.3, 0.4) is 0 Å². The van der Waals surface area contributed by atoms with Gasteiger partial charge in [0.15, 0.2) is 0 Å². The maximum Gasteiger partial charge on any atom is 0.0305 e. The first-order valence-electron chi connectivity index (χ1n) is 6.00. The van der Waals surface area contributed by atoms with E-state index in [0.717, 1.165) is 6.54 Å². The second kappa shape index (κ2) is 5.48. The third-order valence-corrected chi connectivity index (χ3v) is 3.92. The Balaban J connectivity index is 1.95. The van der Waals surface area contributed by atoms with Crippen molar-refractivity contribution in [2.75, 3.05) is 0 Å². The second-order valence-corrected chi connectivity index (χ2v) is 5.90. The molecule has 0 bridgehead atoms. The van der Waals surface area contributed by atoms with E-state index in [4.69, 9.17) is 0 Å². The van der Waals surface area contributed by atoms with Crippen LogP contribution < -0.4 is 5.32 Å². The van der Waals surface area contributed by atoms with Crippen LogP contribution in [-0.4, -0.2) is 0 Å². The van der Waals surface area contributed by atoms with E-state index in [9.17, 15) is 0 Å². The van der Waals surface area contributed by atoms with Crippen LogP contribution in [0.1, 0.15) is 33.8 Å². The predicted molar refractivity (Wildman–Crippen MR) is 75.5 cm³/mol. The van der Waals surface area contributed by atoms with Crippen LogP contribution in [0.15, 0.2) is 36.4 Å². The summed E-state index contributed by atoms with van der Waals surface area (Å²) in [6.07, 6.45) is 0. The maximum absolute atomic E-state index is 3.57. The zero-order valence-electron chi connectivity index (χ0n) is 10.7. The Morgan fingerprint density at radius 3 is 2.65 bits per heavy atom. The molecule has 0 aliphatic rings. The van der Waals surface area contributed by atoms with Gasteiger partial charge in [-0.15, -0.1) is 11.3 Å². The first-order valence-corrected chi connectivity index (χ1v) is 6.82. The molecule has 0 aliphatic carbocycles. The summed E-state index contributed by atoms with van der Waals surface area (Å²) >= 11 is 1.87. The molecule has 17 heavy (non-hydrogen) atoms. The smallest absolute Gasteiger partial charge is 0.0305 e. The molecular formula is C15H19NS. The minimum atomic E-state index is 0.400. The highest BCUT2D eigenvalue weighted by molar-refractivity contribution is 7.11. The lowest BCUT2D eigenvalue weighted by atomic mass is 10.1. The number of rotatable bonds is 4. The lowest BCUT2D eigenvalue weighted by molar-refractivity contribution is 0.578. The van der Waals surface area contributed by atoms with E-state index in [0.29, 0.717) is 6.04 Å². The standard InChI is InChI=1S/C15H19NS/c1-11-5-4-6-14(9-11)13(3)16-10-15-8-7-12(2)17-15/h4-9,13,16H,10H2,1-3H3/t13-/m0/s1. The molecule has 1 nitrogen and oxygen atoms in total. The highest BCUT2D eigenvalue weighted by Gasteiger charge is 2.05. The normalized spacial score (nSPS) is 12.6. The van der Waals surface area contributed by atoms with Crippen molar-refractivity contribution in [1.82, 2.24) is 5.32 Å². The van der Waals surface area contributed by atoms with Crippen LogP contribution in [0, 0.1) is 13.8 Å². The van der Waals surface area contributed by atoms with Crippen molar-refractivity contribution in [2.45, 2.75) is 33.4 Å². The maximum atomic E-state index is 3.57. The van der Waals surface area contributed by atoms with Gasteiger partial charge in [0.2, 0.25) is 0 Å². The molecule has 0 saturated heterocycles. The molecule has 0 unspecified atom stereocenters. The molecule has 2 heteroatoms. The minimum Gasteiger partial charge on any atom is -0.305 e. The lowest BCUT2D eigenvalue weighted by Crippen LogP contribution is -2.17. The lowest BCUT2D eigenvalue weighted by Gasteiger charge is -2.14. The van der Waals surface area contributed by atoms with Crippen molar-refractivity contribution < 1.29 is 0 Å². The summed E-state index contributed by atoms with van der Waals surface area (Å²) in [6, 6.07) is 13.5.